The lowest BCUT2D eigenvalue weighted by Gasteiger charge is -2.00. The molecule has 1 heterocycles. The minimum absolute atomic E-state index is 0.0181. The molecule has 1 aromatic carbocycles. The van der Waals surface area contributed by atoms with E-state index < -0.39 is 0 Å². The third-order valence-electron chi connectivity index (χ3n) is 2.34. The van der Waals surface area contributed by atoms with Crippen LogP contribution in [0.4, 0.5) is 0 Å². The molecular formula is C12H13NO2S. The highest BCUT2D eigenvalue weighted by atomic mass is 32.1. The van der Waals surface area contributed by atoms with Crippen LogP contribution in [0.2, 0.25) is 0 Å². The molecular weight excluding hydrogens is 222 g/mol. The van der Waals surface area contributed by atoms with E-state index >= 15 is 0 Å². The molecule has 2 rings (SSSR count). The molecule has 2 N–H and O–H groups in total. The Bertz CT molecular complexity index is 476. The van der Waals surface area contributed by atoms with Crippen molar-refractivity contribution in [3.8, 4) is 17.0 Å². The molecule has 0 saturated carbocycles. The molecule has 0 fully saturated rings. The number of phenols is 1. The number of thiazole rings is 1. The molecule has 2 aromatic rings. The predicted molar refractivity (Wildman–Crippen MR) is 64.5 cm³/mol. The van der Waals surface area contributed by atoms with Crippen molar-refractivity contribution in [1.29, 1.82) is 0 Å². The van der Waals surface area contributed by atoms with Gasteiger partial charge in [0.15, 0.2) is 0 Å². The summed E-state index contributed by atoms with van der Waals surface area (Å²) in [5, 5.41) is 19.0. The van der Waals surface area contributed by atoms with Crippen molar-refractivity contribution in [2.75, 3.05) is 0 Å². The van der Waals surface area contributed by atoms with E-state index in [1.807, 2.05) is 12.1 Å². The fourth-order valence-corrected chi connectivity index (χ4v) is 2.44. The first-order valence-electron chi connectivity index (χ1n) is 5.13. The summed E-state index contributed by atoms with van der Waals surface area (Å²) >= 11 is 1.53. The fraction of sp³-hybridized carbons (Fsp3) is 0.250. The third kappa shape index (κ3) is 2.08. The van der Waals surface area contributed by atoms with E-state index in [1.165, 1.54) is 11.3 Å². The quantitative estimate of drug-likeness (QED) is 0.859. The Kier molecular flexibility index (Phi) is 3.22. The molecule has 16 heavy (non-hydrogen) atoms. The maximum absolute atomic E-state index is 9.22. The zero-order valence-electron chi connectivity index (χ0n) is 8.97. The summed E-state index contributed by atoms with van der Waals surface area (Å²) in [7, 11) is 0. The lowest BCUT2D eigenvalue weighted by Crippen LogP contribution is -1.84. The molecule has 3 nitrogen and oxygen atoms in total. The van der Waals surface area contributed by atoms with Crippen LogP contribution >= 0.6 is 11.3 Å². The van der Waals surface area contributed by atoms with Gasteiger partial charge in [-0.25, -0.2) is 4.98 Å². The second kappa shape index (κ2) is 4.63. The molecule has 0 radical (unpaired) electrons. The first kappa shape index (κ1) is 11.1. The van der Waals surface area contributed by atoms with E-state index in [1.54, 1.807) is 12.1 Å². The van der Waals surface area contributed by atoms with E-state index in [0.29, 0.717) is 0 Å². The first-order valence-corrected chi connectivity index (χ1v) is 5.95. The smallest absolute Gasteiger partial charge is 0.119 e. The SMILES string of the molecule is CCc1sc(CO)nc1-c1ccc(O)cc1. The minimum Gasteiger partial charge on any atom is -0.508 e. The summed E-state index contributed by atoms with van der Waals surface area (Å²) in [5.74, 6) is 0.249. The molecule has 0 aliphatic heterocycles. The van der Waals surface area contributed by atoms with Crippen LogP contribution in [0.1, 0.15) is 16.8 Å². The van der Waals surface area contributed by atoms with Crippen molar-refractivity contribution in [3.05, 3.63) is 34.2 Å². The lowest BCUT2D eigenvalue weighted by atomic mass is 10.1. The van der Waals surface area contributed by atoms with Gasteiger partial charge in [-0.2, -0.15) is 0 Å². The highest BCUT2D eigenvalue weighted by molar-refractivity contribution is 7.12. The zero-order chi connectivity index (χ0) is 11.5. The van der Waals surface area contributed by atoms with E-state index in [0.717, 1.165) is 27.6 Å². The van der Waals surface area contributed by atoms with Crippen LogP contribution in [0.15, 0.2) is 24.3 Å². The Morgan fingerprint density at radius 2 is 1.94 bits per heavy atom. The maximum Gasteiger partial charge on any atom is 0.119 e. The van der Waals surface area contributed by atoms with Gasteiger partial charge in [-0.1, -0.05) is 6.92 Å². The molecule has 0 atom stereocenters. The van der Waals surface area contributed by atoms with Crippen LogP contribution in [-0.2, 0) is 13.0 Å². The van der Waals surface area contributed by atoms with Gasteiger partial charge in [0.1, 0.15) is 10.8 Å². The predicted octanol–water partition coefficient (Wildman–Crippen LogP) is 2.57. The lowest BCUT2D eigenvalue weighted by molar-refractivity contribution is 0.281. The number of aliphatic hydroxyl groups excluding tert-OH is 1. The van der Waals surface area contributed by atoms with Gasteiger partial charge in [-0.15, -0.1) is 11.3 Å². The number of hydrogen-bond acceptors (Lipinski definition) is 4. The number of phenolic OH excluding ortho intramolecular Hbond substituents is 1. The Morgan fingerprint density at radius 1 is 1.25 bits per heavy atom. The maximum atomic E-state index is 9.22. The van der Waals surface area contributed by atoms with Crippen LogP contribution in [-0.4, -0.2) is 15.2 Å². The number of aromatic nitrogens is 1. The molecule has 0 spiro atoms. The first-order chi connectivity index (χ1) is 7.74. The largest absolute Gasteiger partial charge is 0.508 e. The highest BCUT2D eigenvalue weighted by Crippen LogP contribution is 2.29. The van der Waals surface area contributed by atoms with Gasteiger partial charge in [0, 0.05) is 10.4 Å². The van der Waals surface area contributed by atoms with E-state index in [4.69, 9.17) is 5.11 Å². The monoisotopic (exact) mass is 235 g/mol. The average molecular weight is 235 g/mol. The van der Waals surface area contributed by atoms with Crippen LogP contribution in [0, 0.1) is 0 Å². The van der Waals surface area contributed by atoms with Crippen molar-refractivity contribution in [2.45, 2.75) is 20.0 Å². The van der Waals surface area contributed by atoms with Crippen molar-refractivity contribution in [2.24, 2.45) is 0 Å². The number of nitrogens with zero attached hydrogens (tertiary/aromatic N) is 1. The second-order valence-corrected chi connectivity index (χ2v) is 4.61. The van der Waals surface area contributed by atoms with Gasteiger partial charge in [-0.05, 0) is 30.7 Å². The Morgan fingerprint density at radius 3 is 2.50 bits per heavy atom. The Hall–Kier alpha value is -1.39. The Balaban J connectivity index is 2.45. The van der Waals surface area contributed by atoms with Gasteiger partial charge in [0.05, 0.1) is 12.3 Å². The van der Waals surface area contributed by atoms with E-state index in [9.17, 15) is 5.11 Å². The van der Waals surface area contributed by atoms with Gasteiger partial charge in [0.25, 0.3) is 0 Å². The van der Waals surface area contributed by atoms with Gasteiger partial charge in [-0.3, -0.25) is 0 Å². The molecule has 0 bridgehead atoms. The van der Waals surface area contributed by atoms with E-state index in [-0.39, 0.29) is 12.4 Å². The van der Waals surface area contributed by atoms with Gasteiger partial charge in [0.2, 0.25) is 0 Å². The zero-order valence-corrected chi connectivity index (χ0v) is 9.79. The number of benzene rings is 1. The molecule has 84 valence electrons. The number of rotatable bonds is 3. The van der Waals surface area contributed by atoms with Crippen molar-refractivity contribution < 1.29 is 10.2 Å². The van der Waals surface area contributed by atoms with E-state index in [2.05, 4.69) is 11.9 Å². The summed E-state index contributed by atoms with van der Waals surface area (Å²) in [6.45, 7) is 2.05. The molecule has 0 aliphatic rings. The second-order valence-electron chi connectivity index (χ2n) is 3.44. The number of aryl methyl sites for hydroxylation is 1. The van der Waals surface area contributed by atoms with Gasteiger partial charge < -0.3 is 10.2 Å². The van der Waals surface area contributed by atoms with Crippen LogP contribution in [0.5, 0.6) is 5.75 Å². The van der Waals surface area contributed by atoms with Crippen LogP contribution < -0.4 is 0 Å². The molecule has 0 unspecified atom stereocenters. The van der Waals surface area contributed by atoms with Crippen molar-refractivity contribution in [3.63, 3.8) is 0 Å². The van der Waals surface area contributed by atoms with Crippen molar-refractivity contribution >= 4 is 11.3 Å². The standard InChI is InChI=1S/C12H13NO2S/c1-2-10-12(13-11(7-14)16-10)8-3-5-9(15)6-4-8/h3-6,14-15H,2,7H2,1H3. The number of aliphatic hydroxyl groups is 1. The van der Waals surface area contributed by atoms with Gasteiger partial charge >= 0.3 is 0 Å². The average Bonchev–Trinajstić information content (AvgIpc) is 2.73. The molecule has 0 amide bonds. The number of hydrogen-bond donors (Lipinski definition) is 2. The fourth-order valence-electron chi connectivity index (χ4n) is 1.55. The Labute approximate surface area is 98.0 Å². The summed E-state index contributed by atoms with van der Waals surface area (Å²) in [6.07, 6.45) is 0.897. The van der Waals surface area contributed by atoms with Crippen LogP contribution in [0.3, 0.4) is 0 Å². The summed E-state index contributed by atoms with van der Waals surface area (Å²) in [6, 6.07) is 6.97. The number of aromatic hydroxyl groups is 1. The molecule has 4 heteroatoms. The highest BCUT2D eigenvalue weighted by Gasteiger charge is 2.10. The molecule has 0 saturated heterocycles. The molecule has 0 aliphatic carbocycles. The summed E-state index contributed by atoms with van der Waals surface area (Å²) in [4.78, 5) is 5.55. The topological polar surface area (TPSA) is 53.4 Å². The third-order valence-corrected chi connectivity index (χ3v) is 3.52. The van der Waals surface area contributed by atoms with Crippen molar-refractivity contribution in [1.82, 2.24) is 4.98 Å². The summed E-state index contributed by atoms with van der Waals surface area (Å²) < 4.78 is 0. The van der Waals surface area contributed by atoms with Crippen LogP contribution in [0.25, 0.3) is 11.3 Å². The minimum atomic E-state index is -0.0181. The molecule has 1 aromatic heterocycles. The normalized spacial score (nSPS) is 10.6. The summed E-state index contributed by atoms with van der Waals surface area (Å²) in [5.41, 5.74) is 1.89.